The summed E-state index contributed by atoms with van der Waals surface area (Å²) in [6.07, 6.45) is 1.35. The van der Waals surface area contributed by atoms with Crippen molar-refractivity contribution < 1.29 is 29.0 Å². The topological polar surface area (TPSA) is 105 Å². The van der Waals surface area contributed by atoms with E-state index >= 15 is 0 Å². The quantitative estimate of drug-likeness (QED) is 0.324. The van der Waals surface area contributed by atoms with Crippen LogP contribution in [0.4, 0.5) is 10.5 Å². The number of hydrogen-bond acceptors (Lipinski definition) is 6. The number of nitrogens with zero attached hydrogens (tertiary/aromatic N) is 1. The van der Waals surface area contributed by atoms with E-state index in [4.69, 9.17) is 21.1 Å². The minimum atomic E-state index is -0.883. The Morgan fingerprint density at radius 3 is 2.51 bits per heavy atom. The number of nitrogens with one attached hydrogen (secondary N) is 1. The molecule has 0 atom stereocenters. The smallest absolute Gasteiger partial charge is 0.335 e. The number of rotatable bonds is 6. The number of phenolic OH excluding ortho intramolecular Hbond substituents is 1. The van der Waals surface area contributed by atoms with Crippen LogP contribution in [-0.4, -0.2) is 30.1 Å². The van der Waals surface area contributed by atoms with E-state index in [1.165, 1.54) is 37.5 Å². The molecule has 0 saturated carbocycles. The molecule has 178 valence electrons. The van der Waals surface area contributed by atoms with Gasteiger partial charge in [-0.1, -0.05) is 23.7 Å². The van der Waals surface area contributed by atoms with Gasteiger partial charge >= 0.3 is 6.03 Å². The fourth-order valence-corrected chi connectivity index (χ4v) is 4.19. The van der Waals surface area contributed by atoms with Crippen LogP contribution in [-0.2, 0) is 16.2 Å². The second-order valence-electron chi connectivity index (χ2n) is 7.43. The van der Waals surface area contributed by atoms with Gasteiger partial charge in [-0.15, -0.1) is 0 Å². The van der Waals surface area contributed by atoms with Crippen molar-refractivity contribution in [3.8, 4) is 17.2 Å². The molecular weight excluding hydrogens is 540 g/mol. The molecule has 35 heavy (non-hydrogen) atoms. The molecule has 0 bridgehead atoms. The highest BCUT2D eigenvalue weighted by atomic mass is 79.9. The summed E-state index contributed by atoms with van der Waals surface area (Å²) >= 11 is 9.48. The first kappa shape index (κ1) is 24.3. The average molecular weight is 558 g/mol. The van der Waals surface area contributed by atoms with Crippen molar-refractivity contribution in [3.63, 3.8) is 0 Å². The van der Waals surface area contributed by atoms with Gasteiger partial charge in [-0.25, -0.2) is 9.69 Å². The van der Waals surface area contributed by atoms with E-state index in [0.29, 0.717) is 26.6 Å². The minimum absolute atomic E-state index is 0.0277. The van der Waals surface area contributed by atoms with Gasteiger partial charge in [-0.3, -0.25) is 14.9 Å². The number of barbiturate groups is 1. The largest absolute Gasteiger partial charge is 0.508 e. The minimum Gasteiger partial charge on any atom is -0.508 e. The number of benzene rings is 3. The summed E-state index contributed by atoms with van der Waals surface area (Å²) in [6, 6.07) is 15.1. The Kier molecular flexibility index (Phi) is 7.09. The number of aromatic hydroxyl groups is 1. The van der Waals surface area contributed by atoms with Crippen LogP contribution in [0.15, 0.2) is 70.7 Å². The Hall–Kier alpha value is -3.82. The lowest BCUT2D eigenvalue weighted by molar-refractivity contribution is -0.122. The van der Waals surface area contributed by atoms with Gasteiger partial charge in [0.1, 0.15) is 17.9 Å². The molecule has 1 heterocycles. The lowest BCUT2D eigenvalue weighted by atomic mass is 10.1. The first-order chi connectivity index (χ1) is 16.8. The molecule has 4 amide bonds. The second-order valence-corrected chi connectivity index (χ2v) is 8.72. The van der Waals surface area contributed by atoms with E-state index < -0.39 is 17.8 Å². The van der Waals surface area contributed by atoms with Crippen molar-refractivity contribution in [1.29, 1.82) is 0 Å². The number of hydrogen-bond donors (Lipinski definition) is 2. The standard InChI is InChI=1S/C25H18BrClN2O6/c1-34-21-12-15(11-20(26)22(21)35-13-14-3-2-4-16(27)9-14)10-19-23(31)28-25(33)29(24(19)32)17-5-7-18(30)8-6-17/h2-12,30H,13H2,1H3,(H,28,31,33)/b19-10+. The normalized spacial score (nSPS) is 14.8. The molecule has 10 heteroatoms. The molecule has 4 rings (SSSR count). The third kappa shape index (κ3) is 5.31. The number of imide groups is 2. The van der Waals surface area contributed by atoms with Crippen LogP contribution in [0, 0.1) is 0 Å². The molecule has 2 N–H and O–H groups in total. The molecule has 3 aromatic carbocycles. The van der Waals surface area contributed by atoms with E-state index in [9.17, 15) is 19.5 Å². The van der Waals surface area contributed by atoms with Gasteiger partial charge < -0.3 is 14.6 Å². The first-order valence-electron chi connectivity index (χ1n) is 10.2. The Morgan fingerprint density at radius 2 is 1.83 bits per heavy atom. The van der Waals surface area contributed by atoms with Crippen LogP contribution in [0.3, 0.4) is 0 Å². The third-order valence-electron chi connectivity index (χ3n) is 5.04. The zero-order valence-corrected chi connectivity index (χ0v) is 20.6. The predicted octanol–water partition coefficient (Wildman–Crippen LogP) is 5.06. The summed E-state index contributed by atoms with van der Waals surface area (Å²) in [6.45, 7) is 0.237. The Morgan fingerprint density at radius 1 is 1.09 bits per heavy atom. The zero-order chi connectivity index (χ0) is 25.1. The molecule has 0 aromatic heterocycles. The molecule has 3 aromatic rings. The molecule has 0 spiro atoms. The Bertz CT molecular complexity index is 1360. The average Bonchev–Trinajstić information content (AvgIpc) is 2.82. The SMILES string of the molecule is COc1cc(/C=C2\C(=O)NC(=O)N(c3ccc(O)cc3)C2=O)cc(Br)c1OCc1cccc(Cl)c1. The fourth-order valence-electron chi connectivity index (χ4n) is 3.41. The molecule has 1 fully saturated rings. The Balaban J connectivity index is 1.64. The second kappa shape index (κ2) is 10.2. The highest BCUT2D eigenvalue weighted by Crippen LogP contribution is 2.38. The summed E-state index contributed by atoms with van der Waals surface area (Å²) in [4.78, 5) is 38.7. The van der Waals surface area contributed by atoms with Crippen LogP contribution >= 0.6 is 27.5 Å². The van der Waals surface area contributed by atoms with Crippen molar-refractivity contribution in [2.24, 2.45) is 0 Å². The summed E-state index contributed by atoms with van der Waals surface area (Å²) in [5.74, 6) is -0.870. The van der Waals surface area contributed by atoms with Crippen LogP contribution in [0.2, 0.25) is 5.02 Å². The monoisotopic (exact) mass is 556 g/mol. The molecular formula is C25H18BrClN2O6. The highest BCUT2D eigenvalue weighted by molar-refractivity contribution is 9.10. The molecule has 0 unspecified atom stereocenters. The summed E-state index contributed by atoms with van der Waals surface area (Å²) < 4.78 is 11.9. The van der Waals surface area contributed by atoms with E-state index in [1.807, 2.05) is 12.1 Å². The third-order valence-corrected chi connectivity index (χ3v) is 5.87. The summed E-state index contributed by atoms with van der Waals surface area (Å²) in [7, 11) is 1.47. The van der Waals surface area contributed by atoms with Gasteiger partial charge in [0.2, 0.25) is 0 Å². The lowest BCUT2D eigenvalue weighted by Gasteiger charge is -2.26. The molecule has 1 saturated heterocycles. The molecule has 0 radical (unpaired) electrons. The van der Waals surface area contributed by atoms with Crippen LogP contribution in [0.5, 0.6) is 17.2 Å². The lowest BCUT2D eigenvalue weighted by Crippen LogP contribution is -2.54. The number of halogens is 2. The van der Waals surface area contributed by atoms with Crippen molar-refractivity contribution in [2.75, 3.05) is 12.0 Å². The van der Waals surface area contributed by atoms with Crippen LogP contribution < -0.4 is 19.7 Å². The maximum absolute atomic E-state index is 13.1. The van der Waals surface area contributed by atoms with Gasteiger partial charge in [-0.05, 0) is 81.7 Å². The van der Waals surface area contributed by atoms with E-state index in [0.717, 1.165) is 10.5 Å². The number of anilines is 1. The van der Waals surface area contributed by atoms with Crippen molar-refractivity contribution in [1.82, 2.24) is 5.32 Å². The predicted molar refractivity (Wildman–Crippen MR) is 134 cm³/mol. The van der Waals surface area contributed by atoms with Crippen molar-refractivity contribution in [2.45, 2.75) is 6.61 Å². The fraction of sp³-hybridized carbons (Fsp3) is 0.0800. The summed E-state index contributed by atoms with van der Waals surface area (Å²) in [5.41, 5.74) is 1.27. The van der Waals surface area contributed by atoms with Gasteiger partial charge in [0, 0.05) is 5.02 Å². The first-order valence-corrected chi connectivity index (χ1v) is 11.4. The number of amides is 4. The highest BCUT2D eigenvalue weighted by Gasteiger charge is 2.36. The van der Waals surface area contributed by atoms with Crippen LogP contribution in [0.25, 0.3) is 6.08 Å². The number of ether oxygens (including phenoxy) is 2. The zero-order valence-electron chi connectivity index (χ0n) is 18.2. The number of carbonyl (C=O) groups excluding carboxylic acids is 3. The van der Waals surface area contributed by atoms with E-state index in [-0.39, 0.29) is 23.6 Å². The Labute approximate surface area is 213 Å². The van der Waals surface area contributed by atoms with E-state index in [2.05, 4.69) is 21.2 Å². The number of urea groups is 1. The molecule has 1 aliphatic rings. The number of carbonyl (C=O) groups is 3. The van der Waals surface area contributed by atoms with Gasteiger partial charge in [-0.2, -0.15) is 0 Å². The van der Waals surface area contributed by atoms with Gasteiger partial charge in [0.15, 0.2) is 11.5 Å². The maximum atomic E-state index is 13.1. The molecule has 8 nitrogen and oxygen atoms in total. The number of methoxy groups -OCH3 is 1. The number of phenols is 1. The van der Waals surface area contributed by atoms with Gasteiger partial charge in [0.05, 0.1) is 17.3 Å². The van der Waals surface area contributed by atoms with Crippen LogP contribution in [0.1, 0.15) is 11.1 Å². The van der Waals surface area contributed by atoms with Gasteiger partial charge in [0.25, 0.3) is 11.8 Å². The molecule has 0 aliphatic carbocycles. The van der Waals surface area contributed by atoms with Crippen molar-refractivity contribution >= 4 is 57.1 Å². The van der Waals surface area contributed by atoms with Crippen molar-refractivity contribution in [3.05, 3.63) is 86.9 Å². The summed E-state index contributed by atoms with van der Waals surface area (Å²) in [5, 5.41) is 12.2. The maximum Gasteiger partial charge on any atom is 0.335 e. The van der Waals surface area contributed by atoms with E-state index in [1.54, 1.807) is 24.3 Å². The molecule has 1 aliphatic heterocycles.